The third-order valence-corrected chi connectivity index (χ3v) is 11.2. The summed E-state index contributed by atoms with van der Waals surface area (Å²) >= 11 is 7.10. The lowest BCUT2D eigenvalue weighted by atomic mass is 9.97. The Labute approximate surface area is 213 Å². The highest BCUT2D eigenvalue weighted by molar-refractivity contribution is 7.95. The molecule has 0 aliphatic carbocycles. The maximum Gasteiger partial charge on any atom is 0.194 e. The lowest BCUT2D eigenvalue weighted by Crippen LogP contribution is -3.00. The quantitative estimate of drug-likeness (QED) is 0.310. The Hall–Kier alpha value is -2.66. The van der Waals surface area contributed by atoms with E-state index < -0.39 is 18.2 Å². The number of aliphatic hydroxyl groups excluding tert-OH is 1. The first kappa shape index (κ1) is 26.0. The minimum atomic E-state index is -2.39. The smallest absolute Gasteiger partial charge is 0.194 e. The first-order chi connectivity index (χ1) is 16.0. The largest absolute Gasteiger partial charge is 1.00 e. The lowest BCUT2D eigenvalue weighted by Gasteiger charge is -2.34. The van der Waals surface area contributed by atoms with Gasteiger partial charge in [-0.25, -0.2) is 0 Å². The van der Waals surface area contributed by atoms with E-state index in [1.54, 1.807) is 0 Å². The molecule has 2 nitrogen and oxygen atoms in total. The molecule has 2 atom stereocenters. The number of halogens is 2. The Bertz CT molecular complexity index is 1130. The fourth-order valence-electron chi connectivity index (χ4n) is 4.31. The fourth-order valence-corrected chi connectivity index (χ4v) is 9.39. The van der Waals surface area contributed by atoms with Crippen molar-refractivity contribution in [2.24, 2.45) is 0 Å². The summed E-state index contributed by atoms with van der Waals surface area (Å²) in [6.45, 7) is 1.99. The van der Waals surface area contributed by atoms with Gasteiger partial charge in [-0.15, -0.1) is 0 Å². The van der Waals surface area contributed by atoms with Gasteiger partial charge >= 0.3 is 0 Å². The first-order valence-electron chi connectivity index (χ1n) is 10.9. The van der Waals surface area contributed by atoms with Gasteiger partial charge in [-0.3, -0.25) is 0 Å². The number of aliphatic hydroxyl groups is 1. The summed E-state index contributed by atoms with van der Waals surface area (Å²) in [5, 5.41) is 25.1. The van der Waals surface area contributed by atoms with Crippen LogP contribution in [0.1, 0.15) is 17.2 Å². The molecule has 0 radical (unpaired) electrons. The Morgan fingerprint density at radius 1 is 0.765 bits per heavy atom. The molecule has 4 aromatic carbocycles. The summed E-state index contributed by atoms with van der Waals surface area (Å²) in [5.41, 5.74) is 1.73. The van der Waals surface area contributed by atoms with E-state index in [0.29, 0.717) is 11.7 Å². The van der Waals surface area contributed by atoms with Gasteiger partial charge in [0, 0.05) is 0 Å². The van der Waals surface area contributed by atoms with Gasteiger partial charge in [0.05, 0.1) is 6.07 Å². The minimum Gasteiger partial charge on any atom is -1.00 e. The molecule has 2 unspecified atom stereocenters. The molecular weight excluding hydrogens is 480 g/mol. The molecule has 34 heavy (non-hydrogen) atoms. The number of rotatable bonds is 7. The molecule has 5 heteroatoms. The Kier molecular flexibility index (Phi) is 8.53. The highest BCUT2D eigenvalue weighted by atomic mass is 35.5. The molecule has 0 bridgehead atoms. The number of hydrogen-bond donors (Lipinski definition) is 1. The highest BCUT2D eigenvalue weighted by Crippen LogP contribution is 2.59. The minimum absolute atomic E-state index is 0. The predicted octanol–water partition coefficient (Wildman–Crippen LogP) is 2.53. The van der Waals surface area contributed by atoms with Crippen LogP contribution in [0.15, 0.2) is 115 Å². The van der Waals surface area contributed by atoms with E-state index in [-0.39, 0.29) is 12.4 Å². The van der Waals surface area contributed by atoms with Gasteiger partial charge in [0.15, 0.2) is 4.87 Å². The zero-order chi connectivity index (χ0) is 23.3. The second-order valence-electron chi connectivity index (χ2n) is 8.26. The van der Waals surface area contributed by atoms with Crippen LogP contribution in [0.25, 0.3) is 0 Å². The van der Waals surface area contributed by atoms with Crippen molar-refractivity contribution in [3.63, 3.8) is 0 Å². The zero-order valence-corrected chi connectivity index (χ0v) is 21.3. The third-order valence-electron chi connectivity index (χ3n) is 6.07. The molecule has 4 rings (SSSR count). The standard InChI is InChI=1S/C29H26ClNOP.ClH/c1-23-17-19-24(20-18-23)28(32)29(30,21-31)22-33(25-11-5-2-6-12-25,26-13-7-3-8-14-26)27-15-9-4-10-16-27;/h2-20,28,32H,22H2,1H3;1H/q+1;/p-1. The second-order valence-corrected chi connectivity index (χ2v) is 12.4. The van der Waals surface area contributed by atoms with Crippen molar-refractivity contribution in [3.8, 4) is 6.07 Å². The van der Waals surface area contributed by atoms with Crippen molar-refractivity contribution < 1.29 is 17.5 Å². The second kappa shape index (κ2) is 11.2. The van der Waals surface area contributed by atoms with E-state index in [1.807, 2.05) is 85.8 Å². The Balaban J connectivity index is 0.00000324. The topological polar surface area (TPSA) is 44.0 Å². The SMILES string of the molecule is Cc1ccc(C(O)C(Cl)(C#N)C[P+](c2ccccc2)(c2ccccc2)c2ccccc2)cc1.[Cl-]. The number of nitriles is 1. The van der Waals surface area contributed by atoms with Crippen molar-refractivity contribution in [1.82, 2.24) is 0 Å². The zero-order valence-electron chi connectivity index (χ0n) is 18.9. The van der Waals surface area contributed by atoms with Crippen LogP contribution in [-0.4, -0.2) is 16.1 Å². The lowest BCUT2D eigenvalue weighted by molar-refractivity contribution is -0.00000809. The summed E-state index contributed by atoms with van der Waals surface area (Å²) in [6.07, 6.45) is -0.842. The summed E-state index contributed by atoms with van der Waals surface area (Å²) in [6, 6.07) is 40.6. The van der Waals surface area contributed by atoms with E-state index >= 15 is 0 Å². The van der Waals surface area contributed by atoms with Crippen molar-refractivity contribution in [3.05, 3.63) is 126 Å². The molecule has 4 aromatic rings. The van der Waals surface area contributed by atoms with Crippen LogP contribution in [-0.2, 0) is 0 Å². The van der Waals surface area contributed by atoms with Crippen LogP contribution in [0.2, 0.25) is 0 Å². The maximum atomic E-state index is 11.4. The van der Waals surface area contributed by atoms with E-state index in [9.17, 15) is 10.4 Å². The van der Waals surface area contributed by atoms with Gasteiger partial charge in [-0.1, -0.05) is 96.0 Å². The van der Waals surface area contributed by atoms with E-state index in [2.05, 4.69) is 42.5 Å². The molecule has 0 fully saturated rings. The fraction of sp³-hybridized carbons (Fsp3) is 0.138. The normalized spacial score (nSPS) is 13.7. The van der Waals surface area contributed by atoms with Crippen LogP contribution in [0.3, 0.4) is 0 Å². The molecule has 0 aromatic heterocycles. The summed E-state index contributed by atoms with van der Waals surface area (Å²) in [5.74, 6) is 0. The van der Waals surface area contributed by atoms with Gasteiger partial charge in [-0.2, -0.15) is 5.26 Å². The average Bonchev–Trinajstić information content (AvgIpc) is 2.89. The monoisotopic (exact) mass is 505 g/mol. The molecule has 0 saturated carbocycles. The Morgan fingerprint density at radius 3 is 1.50 bits per heavy atom. The summed E-state index contributed by atoms with van der Waals surface area (Å²) in [7, 11) is -2.39. The van der Waals surface area contributed by atoms with Crippen LogP contribution in [0, 0.1) is 18.3 Å². The molecule has 1 N–H and O–H groups in total. The Morgan fingerprint density at radius 2 is 1.15 bits per heavy atom. The summed E-state index contributed by atoms with van der Waals surface area (Å²) in [4.78, 5) is -1.52. The number of nitrogens with zero attached hydrogens (tertiary/aromatic N) is 1. The molecule has 0 saturated heterocycles. The van der Waals surface area contributed by atoms with Crippen molar-refractivity contribution in [2.45, 2.75) is 17.9 Å². The number of benzene rings is 4. The first-order valence-corrected chi connectivity index (χ1v) is 13.2. The molecule has 0 amide bonds. The van der Waals surface area contributed by atoms with E-state index in [1.165, 1.54) is 0 Å². The van der Waals surface area contributed by atoms with Gasteiger partial charge in [0.1, 0.15) is 35.4 Å². The van der Waals surface area contributed by atoms with Crippen LogP contribution < -0.4 is 28.3 Å². The van der Waals surface area contributed by atoms with E-state index in [4.69, 9.17) is 11.6 Å². The van der Waals surface area contributed by atoms with Crippen molar-refractivity contribution >= 4 is 34.8 Å². The average molecular weight is 506 g/mol. The molecule has 0 aliphatic heterocycles. The highest BCUT2D eigenvalue weighted by Gasteiger charge is 2.54. The number of hydrogen-bond acceptors (Lipinski definition) is 2. The van der Waals surface area contributed by atoms with Crippen molar-refractivity contribution in [1.29, 1.82) is 5.26 Å². The van der Waals surface area contributed by atoms with Crippen LogP contribution in [0.4, 0.5) is 0 Å². The molecule has 0 spiro atoms. The third kappa shape index (κ3) is 5.05. The van der Waals surface area contributed by atoms with Gasteiger partial charge in [0.2, 0.25) is 0 Å². The van der Waals surface area contributed by atoms with Gasteiger partial charge < -0.3 is 17.5 Å². The van der Waals surface area contributed by atoms with Crippen LogP contribution in [0.5, 0.6) is 0 Å². The maximum absolute atomic E-state index is 11.4. The molecule has 0 aliphatic rings. The predicted molar refractivity (Wildman–Crippen MR) is 140 cm³/mol. The molecule has 0 heterocycles. The number of alkyl halides is 1. The number of aryl methyl sites for hydroxylation is 1. The summed E-state index contributed by atoms with van der Waals surface area (Å²) < 4.78 is 0. The van der Waals surface area contributed by atoms with Crippen LogP contribution >= 0.6 is 18.9 Å². The van der Waals surface area contributed by atoms with Gasteiger partial charge in [-0.05, 0) is 48.9 Å². The van der Waals surface area contributed by atoms with Crippen molar-refractivity contribution in [2.75, 3.05) is 6.16 Å². The molecule has 172 valence electrons. The molecular formula is C29H26Cl2NOP. The van der Waals surface area contributed by atoms with Gasteiger partial charge in [0.25, 0.3) is 0 Å². The van der Waals surface area contributed by atoms with E-state index in [0.717, 1.165) is 21.5 Å².